The van der Waals surface area contributed by atoms with Gasteiger partial charge in [0.15, 0.2) is 5.96 Å². The van der Waals surface area contributed by atoms with Crippen LogP contribution in [0, 0.1) is 5.92 Å². The van der Waals surface area contributed by atoms with Crippen molar-refractivity contribution in [2.24, 2.45) is 10.9 Å². The molecule has 0 spiro atoms. The van der Waals surface area contributed by atoms with E-state index in [2.05, 4.69) is 34.7 Å². The Morgan fingerprint density at radius 1 is 1.19 bits per heavy atom. The molecule has 0 radical (unpaired) electrons. The number of likely N-dealkylation sites (tertiary alicyclic amines) is 1. The molecule has 9 heteroatoms. The van der Waals surface area contributed by atoms with Gasteiger partial charge in [-0.2, -0.15) is 0 Å². The zero-order chi connectivity index (χ0) is 23.1. The number of hydrogen-bond donors (Lipinski definition) is 3. The topological polar surface area (TPSA) is 87.2 Å². The van der Waals surface area contributed by atoms with Gasteiger partial charge in [0.2, 0.25) is 0 Å². The molecule has 190 valence electrons. The zero-order valence-electron chi connectivity index (χ0n) is 21.2. The molecule has 0 aromatic carbocycles. The fourth-order valence-corrected chi connectivity index (χ4v) is 3.54. The van der Waals surface area contributed by atoms with Gasteiger partial charge in [-0.15, -0.1) is 24.0 Å². The van der Waals surface area contributed by atoms with Crippen LogP contribution in [0.5, 0.6) is 0 Å². The number of amides is 1. The first-order valence-corrected chi connectivity index (χ1v) is 12.0. The Bertz CT molecular complexity index is 520. The predicted octanol–water partition coefficient (Wildman–Crippen LogP) is 3.60. The van der Waals surface area contributed by atoms with Crippen LogP contribution >= 0.6 is 24.0 Å². The molecule has 32 heavy (non-hydrogen) atoms. The van der Waals surface area contributed by atoms with Gasteiger partial charge in [-0.05, 0) is 66.0 Å². The summed E-state index contributed by atoms with van der Waals surface area (Å²) in [5.41, 5.74) is -0.494. The molecule has 1 saturated heterocycles. The predicted molar refractivity (Wildman–Crippen MR) is 143 cm³/mol. The van der Waals surface area contributed by atoms with Crippen LogP contribution in [0.15, 0.2) is 4.99 Å². The molecule has 0 aliphatic carbocycles. The van der Waals surface area contributed by atoms with Crippen molar-refractivity contribution in [1.82, 2.24) is 20.9 Å². The van der Waals surface area contributed by atoms with Gasteiger partial charge in [0.25, 0.3) is 0 Å². The second-order valence-electron chi connectivity index (χ2n) is 9.36. The SMILES string of the molecule is CCCCC(CNC(=O)OC(C)(C)C)NC(=NCC1CCN(CCOC)CC1)NCC.I. The molecule has 0 aromatic rings. The van der Waals surface area contributed by atoms with Crippen molar-refractivity contribution in [2.45, 2.75) is 78.4 Å². The third kappa shape index (κ3) is 15.1. The van der Waals surface area contributed by atoms with E-state index >= 15 is 0 Å². The van der Waals surface area contributed by atoms with Crippen molar-refractivity contribution < 1.29 is 14.3 Å². The second kappa shape index (κ2) is 17.6. The van der Waals surface area contributed by atoms with Crippen LogP contribution in [0.3, 0.4) is 0 Å². The van der Waals surface area contributed by atoms with Crippen LogP contribution in [0.25, 0.3) is 0 Å². The van der Waals surface area contributed by atoms with E-state index in [4.69, 9.17) is 14.5 Å². The van der Waals surface area contributed by atoms with Crippen LogP contribution in [0.1, 0.15) is 66.7 Å². The van der Waals surface area contributed by atoms with E-state index in [1.165, 1.54) is 12.8 Å². The van der Waals surface area contributed by atoms with Crippen molar-refractivity contribution in [3.05, 3.63) is 0 Å². The molecule has 8 nitrogen and oxygen atoms in total. The molecule has 0 saturated carbocycles. The number of nitrogens with zero attached hydrogens (tertiary/aromatic N) is 2. The monoisotopic (exact) mass is 569 g/mol. The van der Waals surface area contributed by atoms with Gasteiger partial charge in [0.05, 0.1) is 6.61 Å². The number of halogens is 1. The Morgan fingerprint density at radius 3 is 2.44 bits per heavy atom. The number of ether oxygens (including phenoxy) is 2. The van der Waals surface area contributed by atoms with Crippen molar-refractivity contribution >= 4 is 36.0 Å². The lowest BCUT2D eigenvalue weighted by atomic mass is 9.97. The molecular weight excluding hydrogens is 521 g/mol. The van der Waals surface area contributed by atoms with Crippen LogP contribution in [0.2, 0.25) is 0 Å². The molecule has 1 aliphatic rings. The van der Waals surface area contributed by atoms with Gasteiger partial charge in [-0.25, -0.2) is 4.79 Å². The minimum atomic E-state index is -0.494. The molecule has 1 rings (SSSR count). The average Bonchev–Trinajstić information content (AvgIpc) is 2.72. The Kier molecular flexibility index (Phi) is 17.2. The summed E-state index contributed by atoms with van der Waals surface area (Å²) >= 11 is 0. The molecule has 1 amide bonds. The number of hydrogen-bond acceptors (Lipinski definition) is 5. The van der Waals surface area contributed by atoms with Crippen LogP contribution < -0.4 is 16.0 Å². The normalized spacial score (nSPS) is 16.8. The van der Waals surface area contributed by atoms with E-state index in [0.717, 1.165) is 64.6 Å². The summed E-state index contributed by atoms with van der Waals surface area (Å²) < 4.78 is 10.6. The molecule has 3 N–H and O–H groups in total. The van der Waals surface area contributed by atoms with Crippen molar-refractivity contribution in [3.63, 3.8) is 0 Å². The van der Waals surface area contributed by atoms with Crippen LogP contribution in [-0.2, 0) is 9.47 Å². The maximum Gasteiger partial charge on any atom is 0.407 e. The Balaban J connectivity index is 0.00000961. The van der Waals surface area contributed by atoms with Gasteiger partial charge < -0.3 is 30.3 Å². The number of carbonyl (C=O) groups is 1. The number of aliphatic imine (C=N–C) groups is 1. The van der Waals surface area contributed by atoms with Gasteiger partial charge in [-0.3, -0.25) is 4.99 Å². The minimum Gasteiger partial charge on any atom is -0.444 e. The van der Waals surface area contributed by atoms with E-state index in [-0.39, 0.29) is 36.1 Å². The van der Waals surface area contributed by atoms with E-state index in [1.54, 1.807) is 7.11 Å². The molecule has 1 atom stereocenters. The molecule has 0 aromatic heterocycles. The summed E-state index contributed by atoms with van der Waals surface area (Å²) in [6.45, 7) is 16.1. The number of alkyl carbamates (subject to hydrolysis) is 1. The number of unbranched alkanes of at least 4 members (excludes halogenated alkanes) is 1. The van der Waals surface area contributed by atoms with Gasteiger partial charge in [-0.1, -0.05) is 19.8 Å². The third-order valence-corrected chi connectivity index (χ3v) is 5.31. The van der Waals surface area contributed by atoms with E-state index in [0.29, 0.717) is 12.5 Å². The smallest absolute Gasteiger partial charge is 0.407 e. The lowest BCUT2D eigenvalue weighted by Gasteiger charge is -2.31. The van der Waals surface area contributed by atoms with Crippen molar-refractivity contribution in [1.29, 1.82) is 0 Å². The average molecular weight is 570 g/mol. The first-order chi connectivity index (χ1) is 14.8. The fraction of sp³-hybridized carbons (Fsp3) is 0.913. The van der Waals surface area contributed by atoms with Crippen molar-refractivity contribution in [3.8, 4) is 0 Å². The van der Waals surface area contributed by atoms with Crippen molar-refractivity contribution in [2.75, 3.05) is 53.0 Å². The first kappa shape index (κ1) is 31.2. The second-order valence-corrected chi connectivity index (χ2v) is 9.36. The maximum atomic E-state index is 12.1. The minimum absolute atomic E-state index is 0. The Labute approximate surface area is 213 Å². The van der Waals surface area contributed by atoms with Crippen LogP contribution in [0.4, 0.5) is 4.79 Å². The number of nitrogens with one attached hydrogen (secondary N) is 3. The number of rotatable bonds is 12. The summed E-state index contributed by atoms with van der Waals surface area (Å²) in [6, 6.07) is 0.112. The highest BCUT2D eigenvalue weighted by molar-refractivity contribution is 14.0. The molecule has 1 fully saturated rings. The summed E-state index contributed by atoms with van der Waals surface area (Å²) in [5.74, 6) is 1.44. The number of piperidine rings is 1. The third-order valence-electron chi connectivity index (χ3n) is 5.31. The van der Waals surface area contributed by atoms with Gasteiger partial charge in [0, 0.05) is 39.3 Å². The summed E-state index contributed by atoms with van der Waals surface area (Å²) in [5, 5.41) is 9.79. The molecule has 0 bridgehead atoms. The maximum absolute atomic E-state index is 12.1. The van der Waals surface area contributed by atoms with E-state index in [9.17, 15) is 4.79 Å². The molecule has 1 aliphatic heterocycles. The molecule has 1 heterocycles. The number of carbonyl (C=O) groups excluding carboxylic acids is 1. The zero-order valence-corrected chi connectivity index (χ0v) is 23.5. The van der Waals surface area contributed by atoms with Gasteiger partial charge >= 0.3 is 6.09 Å². The first-order valence-electron chi connectivity index (χ1n) is 12.0. The quantitative estimate of drug-likeness (QED) is 0.189. The molecular formula is C23H48IN5O3. The summed E-state index contributed by atoms with van der Waals surface area (Å²) in [4.78, 5) is 19.4. The van der Waals surface area contributed by atoms with E-state index < -0.39 is 5.60 Å². The highest BCUT2D eigenvalue weighted by atomic mass is 127. The summed E-state index contributed by atoms with van der Waals surface area (Å²) in [6.07, 6.45) is 5.14. The Morgan fingerprint density at radius 2 is 1.88 bits per heavy atom. The number of methoxy groups -OCH3 is 1. The summed E-state index contributed by atoms with van der Waals surface area (Å²) in [7, 11) is 1.76. The lowest BCUT2D eigenvalue weighted by molar-refractivity contribution is 0.0522. The largest absolute Gasteiger partial charge is 0.444 e. The lowest BCUT2D eigenvalue weighted by Crippen LogP contribution is -2.49. The highest BCUT2D eigenvalue weighted by Crippen LogP contribution is 2.17. The molecule has 1 unspecified atom stereocenters. The van der Waals surface area contributed by atoms with Crippen LogP contribution in [-0.4, -0.2) is 81.6 Å². The number of guanidine groups is 1. The standard InChI is InChI=1S/C23H47N5O3.HI/c1-7-9-10-20(18-26-22(29)31-23(3,4)5)27-21(24-8-2)25-17-19-11-13-28(14-12-19)15-16-30-6;/h19-20H,7-18H2,1-6H3,(H,26,29)(H2,24,25,27);1H. The Hall–Kier alpha value is -0.810. The fourth-order valence-electron chi connectivity index (χ4n) is 3.54. The highest BCUT2D eigenvalue weighted by Gasteiger charge is 2.20. The van der Waals surface area contributed by atoms with E-state index in [1.807, 2.05) is 20.8 Å². The van der Waals surface area contributed by atoms with Gasteiger partial charge in [0.1, 0.15) is 5.60 Å².